The van der Waals surface area contributed by atoms with Crippen LogP contribution in [0.1, 0.15) is 99.2 Å². The van der Waals surface area contributed by atoms with Crippen molar-refractivity contribution in [2.24, 2.45) is 0 Å². The standard InChI is InChI=1S/C62H53F3/c1-7-60(8-2)53-14-12-11-13-47(53)50-30-25-44(35-56(50)60)40-20-22-42(23-21-40)46-27-32-52-51-31-26-45(36-57(51)61(9-3,10-4)58(52)37-46)41-18-16-39(17-19-41)43-24-29-49-48-28-15-38(5)33-54(48)59(6,55(49)34-43)62(63,64)65/h11-37H,7-10H2,1-6H3. The third-order valence-electron chi connectivity index (χ3n) is 16.3. The van der Waals surface area contributed by atoms with E-state index in [-0.39, 0.29) is 10.8 Å². The Labute approximate surface area is 381 Å². The van der Waals surface area contributed by atoms with Gasteiger partial charge in [-0.1, -0.05) is 173 Å². The second-order valence-corrected chi connectivity index (χ2v) is 19.0. The molecule has 1 unspecified atom stereocenters. The molecule has 0 aromatic heterocycles. The molecule has 3 heteroatoms. The molecule has 0 fully saturated rings. The third-order valence-corrected chi connectivity index (χ3v) is 16.3. The van der Waals surface area contributed by atoms with Crippen LogP contribution in [0.2, 0.25) is 0 Å². The first-order valence-electron chi connectivity index (χ1n) is 23.5. The molecule has 8 aromatic carbocycles. The molecule has 0 N–H and O–H groups in total. The smallest absolute Gasteiger partial charge is 0.170 e. The Kier molecular flexibility index (Phi) is 9.39. The maximum atomic E-state index is 15.0. The van der Waals surface area contributed by atoms with Gasteiger partial charge in [0, 0.05) is 10.8 Å². The number of aryl methyl sites for hydroxylation is 1. The predicted molar refractivity (Wildman–Crippen MR) is 264 cm³/mol. The van der Waals surface area contributed by atoms with Crippen LogP contribution in [0.5, 0.6) is 0 Å². The molecule has 0 amide bonds. The summed E-state index contributed by atoms with van der Waals surface area (Å²) >= 11 is 0. The fraction of sp³-hybridized carbons (Fsp3) is 0.226. The number of hydrogen-bond donors (Lipinski definition) is 0. The first-order chi connectivity index (χ1) is 31.4. The highest BCUT2D eigenvalue weighted by molar-refractivity contribution is 5.89. The molecule has 3 aliphatic carbocycles. The number of alkyl halides is 3. The number of fused-ring (bicyclic) bond motifs is 9. The summed E-state index contributed by atoms with van der Waals surface area (Å²) in [7, 11) is 0. The number of halogens is 3. The van der Waals surface area contributed by atoms with Crippen LogP contribution in [-0.4, -0.2) is 6.18 Å². The largest absolute Gasteiger partial charge is 0.402 e. The van der Waals surface area contributed by atoms with Gasteiger partial charge in [0.1, 0.15) is 5.41 Å². The summed E-state index contributed by atoms with van der Waals surface area (Å²) in [6.07, 6.45) is -0.327. The van der Waals surface area contributed by atoms with Gasteiger partial charge in [-0.15, -0.1) is 0 Å². The van der Waals surface area contributed by atoms with Crippen molar-refractivity contribution in [1.29, 1.82) is 0 Å². The predicted octanol–water partition coefficient (Wildman–Crippen LogP) is 17.7. The molecule has 0 bridgehead atoms. The van der Waals surface area contributed by atoms with E-state index >= 15 is 0 Å². The Morgan fingerprint density at radius 2 is 0.631 bits per heavy atom. The molecule has 0 saturated carbocycles. The molecule has 1 atom stereocenters. The minimum Gasteiger partial charge on any atom is -0.170 e. The SMILES string of the molecule is CCC1(CC)c2ccccc2-c2ccc(-c3ccc(-c4ccc5c(c4)C(CC)(CC)c4cc(-c6ccc(-c7ccc8c(c7)C(C)(C(F)(F)F)c7cc(C)ccc7-8)cc6)ccc4-5)cc3)cc21. The zero-order chi connectivity index (χ0) is 45.0. The zero-order valence-electron chi connectivity index (χ0n) is 38.1. The molecule has 8 aromatic rings. The lowest BCUT2D eigenvalue weighted by Crippen LogP contribution is -2.38. The quantitative estimate of drug-likeness (QED) is 0.143. The Bertz CT molecular complexity index is 3190. The van der Waals surface area contributed by atoms with Gasteiger partial charge in [-0.2, -0.15) is 13.2 Å². The van der Waals surface area contributed by atoms with E-state index in [4.69, 9.17) is 0 Å². The fourth-order valence-electron chi connectivity index (χ4n) is 12.4. The van der Waals surface area contributed by atoms with Gasteiger partial charge >= 0.3 is 6.18 Å². The van der Waals surface area contributed by atoms with E-state index in [1.807, 2.05) is 43.3 Å². The normalized spacial score (nSPS) is 16.9. The van der Waals surface area contributed by atoms with E-state index < -0.39 is 11.6 Å². The fourth-order valence-corrected chi connectivity index (χ4v) is 12.4. The third kappa shape index (κ3) is 5.83. The van der Waals surface area contributed by atoms with Crippen LogP contribution < -0.4 is 0 Å². The minimum atomic E-state index is -4.44. The van der Waals surface area contributed by atoms with Crippen LogP contribution in [0.3, 0.4) is 0 Å². The summed E-state index contributed by atoms with van der Waals surface area (Å²) in [6.45, 7) is 12.5. The molecule has 0 spiro atoms. The van der Waals surface area contributed by atoms with E-state index in [0.29, 0.717) is 22.3 Å². The van der Waals surface area contributed by atoms with Gasteiger partial charge in [-0.3, -0.25) is 0 Å². The lowest BCUT2D eigenvalue weighted by Gasteiger charge is -2.30. The van der Waals surface area contributed by atoms with Crippen molar-refractivity contribution in [1.82, 2.24) is 0 Å². The Morgan fingerprint density at radius 1 is 0.338 bits per heavy atom. The van der Waals surface area contributed by atoms with E-state index in [1.165, 1.54) is 73.7 Å². The summed E-state index contributed by atoms with van der Waals surface area (Å²) in [5, 5.41) is 0. The molecule has 0 saturated heterocycles. The summed E-state index contributed by atoms with van der Waals surface area (Å²) < 4.78 is 44.9. The van der Waals surface area contributed by atoms with Crippen molar-refractivity contribution in [2.45, 2.75) is 89.6 Å². The summed E-state index contributed by atoms with van der Waals surface area (Å²) in [6, 6.07) is 58.5. The van der Waals surface area contributed by atoms with E-state index in [0.717, 1.165) is 53.5 Å². The van der Waals surface area contributed by atoms with Gasteiger partial charge in [0.15, 0.2) is 0 Å². The van der Waals surface area contributed by atoms with E-state index in [9.17, 15) is 13.2 Å². The summed E-state index contributed by atoms with van der Waals surface area (Å²) in [5.41, 5.74) is 20.5. The maximum absolute atomic E-state index is 15.0. The van der Waals surface area contributed by atoms with Gasteiger partial charge in [0.2, 0.25) is 0 Å². The van der Waals surface area contributed by atoms with Gasteiger partial charge < -0.3 is 0 Å². The average molecular weight is 855 g/mol. The highest BCUT2D eigenvalue weighted by Gasteiger charge is 2.58. The molecule has 65 heavy (non-hydrogen) atoms. The highest BCUT2D eigenvalue weighted by Crippen LogP contribution is 2.58. The monoisotopic (exact) mass is 854 g/mol. The first-order valence-corrected chi connectivity index (χ1v) is 23.5. The molecular formula is C62H53F3. The zero-order valence-corrected chi connectivity index (χ0v) is 38.1. The van der Waals surface area contributed by atoms with Crippen LogP contribution in [0.4, 0.5) is 13.2 Å². The summed E-state index contributed by atoms with van der Waals surface area (Å²) in [5.74, 6) is 0. The Morgan fingerprint density at radius 3 is 1.02 bits per heavy atom. The Hall–Kier alpha value is -6.45. The van der Waals surface area contributed by atoms with Crippen LogP contribution in [0.15, 0.2) is 164 Å². The van der Waals surface area contributed by atoms with Crippen LogP contribution in [-0.2, 0) is 16.2 Å². The lowest BCUT2D eigenvalue weighted by atomic mass is 9.73. The molecule has 3 aliphatic rings. The van der Waals surface area contributed by atoms with Crippen LogP contribution >= 0.6 is 0 Å². The maximum Gasteiger partial charge on any atom is 0.402 e. The molecule has 0 aliphatic heterocycles. The van der Waals surface area contributed by atoms with Crippen molar-refractivity contribution in [3.05, 3.63) is 203 Å². The van der Waals surface area contributed by atoms with E-state index in [1.54, 1.807) is 12.1 Å². The molecule has 0 heterocycles. The van der Waals surface area contributed by atoms with Crippen molar-refractivity contribution in [3.63, 3.8) is 0 Å². The first kappa shape index (κ1) is 41.3. The number of rotatable bonds is 8. The van der Waals surface area contributed by atoms with Gasteiger partial charge in [-0.25, -0.2) is 0 Å². The lowest BCUT2D eigenvalue weighted by molar-refractivity contribution is -0.172. The topological polar surface area (TPSA) is 0 Å². The van der Waals surface area contributed by atoms with Crippen molar-refractivity contribution < 1.29 is 13.2 Å². The van der Waals surface area contributed by atoms with Crippen molar-refractivity contribution in [2.75, 3.05) is 0 Å². The summed E-state index contributed by atoms with van der Waals surface area (Å²) in [4.78, 5) is 0. The number of benzene rings is 8. The highest BCUT2D eigenvalue weighted by atomic mass is 19.4. The molecule has 0 radical (unpaired) electrons. The molecule has 11 rings (SSSR count). The second kappa shape index (κ2) is 14.8. The minimum absolute atomic E-state index is 0.0470. The number of hydrogen-bond acceptors (Lipinski definition) is 0. The van der Waals surface area contributed by atoms with Crippen LogP contribution in [0.25, 0.3) is 77.9 Å². The van der Waals surface area contributed by atoms with E-state index in [2.05, 4.69) is 143 Å². The van der Waals surface area contributed by atoms with Gasteiger partial charge in [-0.05, 0) is 175 Å². The van der Waals surface area contributed by atoms with Gasteiger partial charge in [0.05, 0.1) is 0 Å². The van der Waals surface area contributed by atoms with Crippen LogP contribution in [0, 0.1) is 6.92 Å². The van der Waals surface area contributed by atoms with Gasteiger partial charge in [0.25, 0.3) is 0 Å². The molecule has 322 valence electrons. The Balaban J connectivity index is 0.882. The second-order valence-electron chi connectivity index (χ2n) is 19.0. The molecule has 0 nitrogen and oxygen atoms in total. The van der Waals surface area contributed by atoms with Crippen molar-refractivity contribution >= 4 is 0 Å². The van der Waals surface area contributed by atoms with Crippen molar-refractivity contribution in [3.8, 4) is 77.9 Å². The molecular weight excluding hydrogens is 802 g/mol. The average Bonchev–Trinajstić information content (AvgIpc) is 3.89.